The van der Waals surface area contributed by atoms with Gasteiger partial charge in [0.2, 0.25) is 5.88 Å². The van der Waals surface area contributed by atoms with Crippen LogP contribution >= 0.6 is 11.6 Å². The Kier molecular flexibility index (Phi) is 4.90. The number of benzene rings is 2. The number of nitrogens with zero attached hydrogens (tertiary/aromatic N) is 1. The highest BCUT2D eigenvalue weighted by molar-refractivity contribution is 6.30. The third-order valence-corrected chi connectivity index (χ3v) is 3.79. The van der Waals surface area contributed by atoms with Crippen molar-refractivity contribution in [3.8, 4) is 22.8 Å². The van der Waals surface area contributed by atoms with Gasteiger partial charge < -0.3 is 14.0 Å². The van der Waals surface area contributed by atoms with Crippen LogP contribution in [0.5, 0.6) is 11.5 Å². The van der Waals surface area contributed by atoms with Gasteiger partial charge in [-0.25, -0.2) is 0 Å². The van der Waals surface area contributed by atoms with Crippen molar-refractivity contribution in [2.24, 2.45) is 0 Å². The van der Waals surface area contributed by atoms with Crippen molar-refractivity contribution >= 4 is 23.4 Å². The van der Waals surface area contributed by atoms with Crippen LogP contribution in [0, 0.1) is 0 Å². The van der Waals surface area contributed by atoms with E-state index in [1.807, 2.05) is 12.1 Å². The SMILES string of the molecule is COc1cccc(OC)c1C(=O)Nc1cc(-c2ccc(Cl)cc2)no1. The van der Waals surface area contributed by atoms with Crippen molar-refractivity contribution in [1.82, 2.24) is 5.16 Å². The molecule has 1 N–H and O–H groups in total. The standard InChI is InChI=1S/C18H15ClN2O4/c1-23-14-4-3-5-15(24-2)17(14)18(22)20-16-10-13(21-25-16)11-6-8-12(19)9-7-11/h3-10H,1-2H3,(H,20,22). The molecule has 128 valence electrons. The van der Waals surface area contributed by atoms with Crippen LogP contribution in [0.4, 0.5) is 5.88 Å². The first-order valence-electron chi connectivity index (χ1n) is 7.37. The average Bonchev–Trinajstić information content (AvgIpc) is 3.09. The molecule has 3 rings (SSSR count). The first kappa shape index (κ1) is 16.9. The van der Waals surface area contributed by atoms with Crippen molar-refractivity contribution in [2.75, 3.05) is 19.5 Å². The molecule has 2 aromatic carbocycles. The van der Waals surface area contributed by atoms with Crippen molar-refractivity contribution in [3.05, 3.63) is 59.1 Å². The normalized spacial score (nSPS) is 10.4. The van der Waals surface area contributed by atoms with E-state index < -0.39 is 5.91 Å². The van der Waals surface area contributed by atoms with Gasteiger partial charge in [0.25, 0.3) is 5.91 Å². The molecule has 1 heterocycles. The van der Waals surface area contributed by atoms with Crippen LogP contribution in [0.25, 0.3) is 11.3 Å². The number of anilines is 1. The summed E-state index contributed by atoms with van der Waals surface area (Å²) in [7, 11) is 2.97. The second kappa shape index (κ2) is 7.27. The second-order valence-electron chi connectivity index (χ2n) is 5.07. The maximum atomic E-state index is 12.6. The fourth-order valence-corrected chi connectivity index (χ4v) is 2.47. The topological polar surface area (TPSA) is 73.6 Å². The summed E-state index contributed by atoms with van der Waals surface area (Å²) in [5.41, 5.74) is 1.68. The molecule has 0 radical (unpaired) electrons. The molecule has 6 nitrogen and oxygen atoms in total. The summed E-state index contributed by atoms with van der Waals surface area (Å²) >= 11 is 5.87. The molecule has 0 unspecified atom stereocenters. The molecule has 0 saturated carbocycles. The Morgan fingerprint density at radius 1 is 1.08 bits per heavy atom. The monoisotopic (exact) mass is 358 g/mol. The maximum absolute atomic E-state index is 12.6. The minimum atomic E-state index is -0.423. The van der Waals surface area contributed by atoms with Gasteiger partial charge >= 0.3 is 0 Å². The number of halogens is 1. The van der Waals surface area contributed by atoms with E-state index in [-0.39, 0.29) is 11.4 Å². The lowest BCUT2D eigenvalue weighted by Crippen LogP contribution is -2.14. The van der Waals surface area contributed by atoms with Crippen LogP contribution in [-0.4, -0.2) is 25.3 Å². The van der Waals surface area contributed by atoms with Crippen molar-refractivity contribution < 1.29 is 18.8 Å². The lowest BCUT2D eigenvalue weighted by molar-refractivity contribution is 0.101. The average molecular weight is 359 g/mol. The van der Waals surface area contributed by atoms with Gasteiger partial charge in [0.05, 0.1) is 14.2 Å². The summed E-state index contributed by atoms with van der Waals surface area (Å²) in [4.78, 5) is 12.6. The zero-order valence-electron chi connectivity index (χ0n) is 13.6. The Balaban J connectivity index is 1.84. The van der Waals surface area contributed by atoms with E-state index in [4.69, 9.17) is 25.6 Å². The van der Waals surface area contributed by atoms with Crippen molar-refractivity contribution in [3.63, 3.8) is 0 Å². The molecule has 3 aromatic rings. The molecule has 0 saturated heterocycles. The number of methoxy groups -OCH3 is 2. The Bertz CT molecular complexity index is 868. The molecule has 0 atom stereocenters. The van der Waals surface area contributed by atoms with Gasteiger partial charge in [0.1, 0.15) is 22.8 Å². The Hall–Kier alpha value is -2.99. The second-order valence-corrected chi connectivity index (χ2v) is 5.51. The minimum absolute atomic E-state index is 0.211. The van der Waals surface area contributed by atoms with E-state index in [9.17, 15) is 4.79 Å². The highest BCUT2D eigenvalue weighted by atomic mass is 35.5. The molecule has 1 aromatic heterocycles. The van der Waals surface area contributed by atoms with E-state index in [2.05, 4.69) is 10.5 Å². The van der Waals surface area contributed by atoms with Crippen LogP contribution in [-0.2, 0) is 0 Å². The zero-order chi connectivity index (χ0) is 17.8. The highest BCUT2D eigenvalue weighted by Gasteiger charge is 2.20. The zero-order valence-corrected chi connectivity index (χ0v) is 14.3. The number of hydrogen-bond acceptors (Lipinski definition) is 5. The summed E-state index contributed by atoms with van der Waals surface area (Å²) in [5, 5.41) is 7.24. The number of hydrogen-bond donors (Lipinski definition) is 1. The summed E-state index contributed by atoms with van der Waals surface area (Å²) in [6, 6.07) is 13.9. The first-order valence-corrected chi connectivity index (χ1v) is 7.75. The van der Waals surface area contributed by atoms with Crippen molar-refractivity contribution in [1.29, 1.82) is 0 Å². The number of aromatic nitrogens is 1. The first-order chi connectivity index (χ1) is 12.1. The van der Waals surface area contributed by atoms with Gasteiger partial charge in [-0.15, -0.1) is 0 Å². The molecule has 1 amide bonds. The fraction of sp³-hybridized carbons (Fsp3) is 0.111. The molecule has 25 heavy (non-hydrogen) atoms. The summed E-state index contributed by atoms with van der Waals surface area (Å²) in [5.74, 6) is 0.583. The lowest BCUT2D eigenvalue weighted by atomic mass is 10.1. The third kappa shape index (κ3) is 3.59. The minimum Gasteiger partial charge on any atom is -0.496 e. The molecule has 0 bridgehead atoms. The van der Waals surface area contributed by atoms with Gasteiger partial charge in [-0.1, -0.05) is 35.0 Å². The van der Waals surface area contributed by atoms with Gasteiger partial charge in [0.15, 0.2) is 0 Å². The van der Waals surface area contributed by atoms with Gasteiger partial charge in [-0.3, -0.25) is 10.1 Å². The molecule has 0 aliphatic carbocycles. The van der Waals surface area contributed by atoms with E-state index in [0.717, 1.165) is 5.56 Å². The number of nitrogens with one attached hydrogen (secondary N) is 1. The molecule has 7 heteroatoms. The van der Waals surface area contributed by atoms with Crippen LogP contribution in [0.2, 0.25) is 5.02 Å². The third-order valence-electron chi connectivity index (χ3n) is 3.54. The van der Waals surface area contributed by atoms with E-state index >= 15 is 0 Å². The Morgan fingerprint density at radius 3 is 2.32 bits per heavy atom. The van der Waals surface area contributed by atoms with Crippen molar-refractivity contribution in [2.45, 2.75) is 0 Å². The number of ether oxygens (including phenoxy) is 2. The van der Waals surface area contributed by atoms with Crippen LogP contribution in [0.1, 0.15) is 10.4 Å². The maximum Gasteiger partial charge on any atom is 0.265 e. The summed E-state index contributed by atoms with van der Waals surface area (Å²) < 4.78 is 15.7. The number of carbonyl (C=O) groups excluding carboxylic acids is 1. The summed E-state index contributed by atoms with van der Waals surface area (Å²) in [6.45, 7) is 0. The Labute approximate surface area is 149 Å². The van der Waals surface area contributed by atoms with Crippen LogP contribution in [0.15, 0.2) is 53.1 Å². The Morgan fingerprint density at radius 2 is 1.72 bits per heavy atom. The molecular formula is C18H15ClN2O4. The fourth-order valence-electron chi connectivity index (χ4n) is 2.34. The predicted octanol–water partition coefficient (Wildman–Crippen LogP) is 4.26. The quantitative estimate of drug-likeness (QED) is 0.737. The van der Waals surface area contributed by atoms with E-state index in [1.165, 1.54) is 14.2 Å². The number of rotatable bonds is 5. The van der Waals surface area contributed by atoms with Gasteiger partial charge in [-0.05, 0) is 24.3 Å². The van der Waals surface area contributed by atoms with Crippen LogP contribution in [0.3, 0.4) is 0 Å². The van der Waals surface area contributed by atoms with Gasteiger partial charge in [0, 0.05) is 16.7 Å². The molecule has 0 fully saturated rings. The number of amides is 1. The predicted molar refractivity (Wildman–Crippen MR) is 94.4 cm³/mol. The van der Waals surface area contributed by atoms with E-state index in [1.54, 1.807) is 36.4 Å². The molecule has 0 aliphatic heterocycles. The molecule has 0 spiro atoms. The largest absolute Gasteiger partial charge is 0.496 e. The van der Waals surface area contributed by atoms with Gasteiger partial charge in [-0.2, -0.15) is 0 Å². The highest BCUT2D eigenvalue weighted by Crippen LogP contribution is 2.30. The summed E-state index contributed by atoms with van der Waals surface area (Å²) in [6.07, 6.45) is 0. The van der Waals surface area contributed by atoms with E-state index in [0.29, 0.717) is 22.2 Å². The lowest BCUT2D eigenvalue weighted by Gasteiger charge is -2.11. The molecular weight excluding hydrogens is 344 g/mol. The van der Waals surface area contributed by atoms with Crippen LogP contribution < -0.4 is 14.8 Å². The molecule has 0 aliphatic rings. The smallest absolute Gasteiger partial charge is 0.265 e. The number of carbonyl (C=O) groups is 1.